The van der Waals surface area contributed by atoms with Crippen molar-refractivity contribution in [3.8, 4) is 0 Å². The van der Waals surface area contributed by atoms with Gasteiger partial charge in [-0.2, -0.15) is 5.10 Å². The quantitative estimate of drug-likeness (QED) is 0.947. The lowest BCUT2D eigenvalue weighted by Crippen LogP contribution is -2.17. The van der Waals surface area contributed by atoms with E-state index in [2.05, 4.69) is 21.0 Å². The van der Waals surface area contributed by atoms with Crippen molar-refractivity contribution in [1.29, 1.82) is 0 Å². The molecule has 5 heteroatoms. The first kappa shape index (κ1) is 12.3. The molecule has 0 aliphatic carbocycles. The largest absolute Gasteiger partial charge is 0.319 e. The fourth-order valence-corrected chi connectivity index (χ4v) is 1.99. The summed E-state index contributed by atoms with van der Waals surface area (Å²) in [7, 11) is 0. The normalized spacial score (nSPS) is 12.7. The Morgan fingerprint density at radius 2 is 2.24 bits per heavy atom. The van der Waals surface area contributed by atoms with Crippen molar-refractivity contribution in [2.45, 2.75) is 19.5 Å². The fourth-order valence-electron chi connectivity index (χ4n) is 1.75. The molecule has 0 spiro atoms. The number of aromatic nitrogens is 2. The SMILES string of the molecule is CCn1nccc1C(N)c1ccc(Br)c(F)c1. The van der Waals surface area contributed by atoms with Gasteiger partial charge < -0.3 is 5.73 Å². The van der Waals surface area contributed by atoms with Crippen LogP contribution in [0.4, 0.5) is 4.39 Å². The molecule has 0 radical (unpaired) electrons. The molecule has 2 N–H and O–H groups in total. The van der Waals surface area contributed by atoms with Crippen LogP contribution in [0.2, 0.25) is 0 Å². The van der Waals surface area contributed by atoms with Crippen molar-refractivity contribution >= 4 is 15.9 Å². The van der Waals surface area contributed by atoms with Crippen molar-refractivity contribution in [3.05, 3.63) is 52.0 Å². The Bertz CT molecular complexity index is 524. The maximum atomic E-state index is 13.4. The molecule has 1 aromatic carbocycles. The summed E-state index contributed by atoms with van der Waals surface area (Å²) in [5.74, 6) is -0.305. The van der Waals surface area contributed by atoms with E-state index in [1.54, 1.807) is 12.3 Å². The van der Waals surface area contributed by atoms with Crippen molar-refractivity contribution < 1.29 is 4.39 Å². The topological polar surface area (TPSA) is 43.8 Å². The van der Waals surface area contributed by atoms with Crippen LogP contribution in [0.1, 0.15) is 24.2 Å². The zero-order chi connectivity index (χ0) is 12.4. The summed E-state index contributed by atoms with van der Waals surface area (Å²) >= 11 is 3.12. The third kappa shape index (κ3) is 2.40. The summed E-state index contributed by atoms with van der Waals surface area (Å²) in [4.78, 5) is 0. The highest BCUT2D eigenvalue weighted by Gasteiger charge is 2.14. The minimum absolute atomic E-state index is 0.305. The number of benzene rings is 1. The molecule has 1 unspecified atom stereocenters. The molecule has 0 fully saturated rings. The second-order valence-corrected chi connectivity index (χ2v) is 4.58. The second-order valence-electron chi connectivity index (χ2n) is 3.72. The zero-order valence-electron chi connectivity index (χ0n) is 9.40. The Balaban J connectivity index is 2.36. The fraction of sp³-hybridized carbons (Fsp3) is 0.250. The highest BCUT2D eigenvalue weighted by atomic mass is 79.9. The summed E-state index contributed by atoms with van der Waals surface area (Å²) in [6, 6.07) is 6.41. The average Bonchev–Trinajstić information content (AvgIpc) is 2.80. The van der Waals surface area contributed by atoms with Gasteiger partial charge in [-0.15, -0.1) is 0 Å². The van der Waals surface area contributed by atoms with Gasteiger partial charge in [0, 0.05) is 12.7 Å². The Hall–Kier alpha value is -1.20. The standard InChI is InChI=1S/C12H13BrFN3/c1-2-17-11(5-6-16-17)12(15)8-3-4-9(13)10(14)7-8/h3-7,12H,2,15H2,1H3. The Morgan fingerprint density at radius 3 is 2.88 bits per heavy atom. The van der Waals surface area contributed by atoms with Crippen molar-refractivity contribution in [2.75, 3.05) is 0 Å². The lowest BCUT2D eigenvalue weighted by molar-refractivity contribution is 0.593. The summed E-state index contributed by atoms with van der Waals surface area (Å²) in [6.07, 6.45) is 1.70. The van der Waals surface area contributed by atoms with E-state index in [9.17, 15) is 4.39 Å². The molecular formula is C12H13BrFN3. The van der Waals surface area contributed by atoms with Gasteiger partial charge in [-0.25, -0.2) is 4.39 Å². The first-order valence-corrected chi connectivity index (χ1v) is 6.15. The van der Waals surface area contributed by atoms with Gasteiger partial charge in [0.1, 0.15) is 5.82 Å². The summed E-state index contributed by atoms with van der Waals surface area (Å²) in [5, 5.41) is 4.15. The van der Waals surface area contributed by atoms with Crippen molar-refractivity contribution in [2.24, 2.45) is 5.73 Å². The molecule has 0 saturated carbocycles. The van der Waals surface area contributed by atoms with Gasteiger partial charge in [0.05, 0.1) is 16.2 Å². The van der Waals surface area contributed by atoms with Gasteiger partial charge in [-0.05, 0) is 46.6 Å². The number of nitrogens with two attached hydrogens (primary N) is 1. The third-order valence-electron chi connectivity index (χ3n) is 2.67. The Morgan fingerprint density at radius 1 is 1.47 bits per heavy atom. The number of hydrogen-bond donors (Lipinski definition) is 1. The predicted octanol–water partition coefficient (Wildman–Crippen LogP) is 2.85. The smallest absolute Gasteiger partial charge is 0.137 e. The molecule has 2 rings (SSSR count). The zero-order valence-corrected chi connectivity index (χ0v) is 11.0. The molecule has 0 bridgehead atoms. The van der Waals surface area contributed by atoms with Crippen LogP contribution in [0.25, 0.3) is 0 Å². The molecular weight excluding hydrogens is 285 g/mol. The molecule has 0 aliphatic rings. The molecule has 17 heavy (non-hydrogen) atoms. The van der Waals surface area contributed by atoms with Gasteiger partial charge in [0.25, 0.3) is 0 Å². The van der Waals surface area contributed by atoms with E-state index in [4.69, 9.17) is 5.73 Å². The van der Waals surface area contributed by atoms with Crippen molar-refractivity contribution in [3.63, 3.8) is 0 Å². The van der Waals surface area contributed by atoms with E-state index >= 15 is 0 Å². The molecule has 0 saturated heterocycles. The van der Waals surface area contributed by atoms with Crippen LogP contribution in [0.5, 0.6) is 0 Å². The van der Waals surface area contributed by atoms with E-state index in [1.807, 2.05) is 23.7 Å². The minimum Gasteiger partial charge on any atom is -0.319 e. The Labute approximate surface area is 108 Å². The second kappa shape index (κ2) is 4.98. The lowest BCUT2D eigenvalue weighted by Gasteiger charge is -2.14. The summed E-state index contributed by atoms with van der Waals surface area (Å²) < 4.78 is 15.7. The average molecular weight is 298 g/mol. The monoisotopic (exact) mass is 297 g/mol. The molecule has 0 amide bonds. The first-order chi connectivity index (χ1) is 8.13. The van der Waals surface area contributed by atoms with Crippen LogP contribution >= 0.6 is 15.9 Å². The van der Waals surface area contributed by atoms with Gasteiger partial charge in [-0.3, -0.25) is 4.68 Å². The van der Waals surface area contributed by atoms with Crippen LogP contribution in [0.15, 0.2) is 34.9 Å². The molecule has 1 aromatic heterocycles. The van der Waals surface area contributed by atoms with Crippen LogP contribution < -0.4 is 5.73 Å². The van der Waals surface area contributed by atoms with E-state index < -0.39 is 0 Å². The van der Waals surface area contributed by atoms with E-state index in [0.29, 0.717) is 4.47 Å². The Kier molecular flexibility index (Phi) is 3.59. The van der Waals surface area contributed by atoms with Crippen molar-refractivity contribution in [1.82, 2.24) is 9.78 Å². The van der Waals surface area contributed by atoms with Crippen LogP contribution in [0.3, 0.4) is 0 Å². The highest BCUT2D eigenvalue weighted by Crippen LogP contribution is 2.23. The number of nitrogens with zero attached hydrogens (tertiary/aromatic N) is 2. The van der Waals surface area contributed by atoms with E-state index in [1.165, 1.54) is 6.07 Å². The molecule has 1 heterocycles. The summed E-state index contributed by atoms with van der Waals surface area (Å²) in [5.41, 5.74) is 7.73. The molecule has 3 nitrogen and oxygen atoms in total. The summed E-state index contributed by atoms with van der Waals surface area (Å²) in [6.45, 7) is 2.74. The first-order valence-electron chi connectivity index (χ1n) is 5.35. The predicted molar refractivity (Wildman–Crippen MR) is 68.0 cm³/mol. The molecule has 0 aliphatic heterocycles. The highest BCUT2D eigenvalue weighted by molar-refractivity contribution is 9.10. The van der Waals surface area contributed by atoms with E-state index in [-0.39, 0.29) is 11.9 Å². The van der Waals surface area contributed by atoms with Gasteiger partial charge in [-0.1, -0.05) is 6.07 Å². The lowest BCUT2D eigenvalue weighted by atomic mass is 10.0. The number of rotatable bonds is 3. The third-order valence-corrected chi connectivity index (χ3v) is 3.31. The number of hydrogen-bond acceptors (Lipinski definition) is 2. The number of aryl methyl sites for hydroxylation is 1. The number of halogens is 2. The molecule has 2 aromatic rings. The molecule has 1 atom stereocenters. The minimum atomic E-state index is -0.361. The maximum Gasteiger partial charge on any atom is 0.137 e. The van der Waals surface area contributed by atoms with Crippen LogP contribution in [0, 0.1) is 5.82 Å². The van der Waals surface area contributed by atoms with Gasteiger partial charge in [0.15, 0.2) is 0 Å². The van der Waals surface area contributed by atoms with E-state index in [0.717, 1.165) is 17.8 Å². The van der Waals surface area contributed by atoms with Gasteiger partial charge in [0.2, 0.25) is 0 Å². The molecule has 90 valence electrons. The van der Waals surface area contributed by atoms with Crippen LogP contribution in [-0.2, 0) is 6.54 Å². The maximum absolute atomic E-state index is 13.4. The van der Waals surface area contributed by atoms with Crippen LogP contribution in [-0.4, -0.2) is 9.78 Å². The van der Waals surface area contributed by atoms with Gasteiger partial charge >= 0.3 is 0 Å².